The lowest BCUT2D eigenvalue weighted by molar-refractivity contribution is 0.0588. The molecule has 1 saturated heterocycles. The summed E-state index contributed by atoms with van der Waals surface area (Å²) in [6.07, 6.45) is 0.786. The van der Waals surface area contributed by atoms with E-state index in [2.05, 4.69) is 14.9 Å². The molecule has 1 aromatic rings. The topological polar surface area (TPSA) is 73.8 Å². The standard InChI is InChI=1S/C12H14ClN3O4/c1-18-11(17)8-9-10(15-12(13)14-8)16-3-5-19-6-7(16)2-4-20-9/h7H,2-6H2,1H3. The van der Waals surface area contributed by atoms with Gasteiger partial charge in [0.15, 0.2) is 17.3 Å². The maximum absolute atomic E-state index is 11.8. The lowest BCUT2D eigenvalue weighted by Crippen LogP contribution is -2.45. The Morgan fingerprint density at radius 1 is 1.45 bits per heavy atom. The van der Waals surface area contributed by atoms with E-state index in [0.29, 0.717) is 37.9 Å². The van der Waals surface area contributed by atoms with Crippen molar-refractivity contribution in [3.8, 4) is 5.75 Å². The van der Waals surface area contributed by atoms with Crippen molar-refractivity contribution in [2.24, 2.45) is 0 Å². The molecule has 0 amide bonds. The molecule has 7 nitrogen and oxygen atoms in total. The molecule has 3 rings (SSSR count). The number of ether oxygens (including phenoxy) is 3. The number of morpholine rings is 1. The fraction of sp³-hybridized carbons (Fsp3) is 0.583. The van der Waals surface area contributed by atoms with E-state index >= 15 is 0 Å². The van der Waals surface area contributed by atoms with Gasteiger partial charge in [-0.15, -0.1) is 0 Å². The number of carbonyl (C=O) groups excluding carboxylic acids is 1. The van der Waals surface area contributed by atoms with Gasteiger partial charge in [-0.1, -0.05) is 0 Å². The summed E-state index contributed by atoms with van der Waals surface area (Å²) in [7, 11) is 1.29. The molecule has 1 aromatic heterocycles. The minimum Gasteiger partial charge on any atom is -0.487 e. The zero-order valence-electron chi connectivity index (χ0n) is 11.0. The molecule has 2 aliphatic heterocycles. The highest BCUT2D eigenvalue weighted by atomic mass is 35.5. The zero-order valence-corrected chi connectivity index (χ0v) is 11.7. The summed E-state index contributed by atoms with van der Waals surface area (Å²) in [6, 6.07) is 0.168. The van der Waals surface area contributed by atoms with Gasteiger partial charge >= 0.3 is 5.97 Å². The van der Waals surface area contributed by atoms with Gasteiger partial charge in [-0.3, -0.25) is 0 Å². The molecule has 20 heavy (non-hydrogen) atoms. The van der Waals surface area contributed by atoms with Crippen molar-refractivity contribution in [1.29, 1.82) is 0 Å². The van der Waals surface area contributed by atoms with Crippen LogP contribution in [0.3, 0.4) is 0 Å². The molecule has 108 valence electrons. The lowest BCUT2D eigenvalue weighted by Gasteiger charge is -2.34. The normalized spacial score (nSPS) is 21.3. The molecule has 0 bridgehead atoms. The highest BCUT2D eigenvalue weighted by Gasteiger charge is 2.33. The second kappa shape index (κ2) is 5.41. The number of rotatable bonds is 1. The molecule has 0 aliphatic carbocycles. The molecule has 1 unspecified atom stereocenters. The van der Waals surface area contributed by atoms with Gasteiger partial charge in [0, 0.05) is 13.0 Å². The summed E-state index contributed by atoms with van der Waals surface area (Å²) >= 11 is 5.92. The molecule has 0 N–H and O–H groups in total. The maximum Gasteiger partial charge on any atom is 0.360 e. The van der Waals surface area contributed by atoms with Crippen LogP contribution in [-0.4, -0.2) is 55.5 Å². The summed E-state index contributed by atoms with van der Waals surface area (Å²) in [5.41, 5.74) is 0.0645. The van der Waals surface area contributed by atoms with Gasteiger partial charge in [0.1, 0.15) is 0 Å². The molecule has 2 aliphatic rings. The number of fused-ring (bicyclic) bond motifs is 3. The number of hydrogen-bond donors (Lipinski definition) is 0. The number of anilines is 1. The number of hydrogen-bond acceptors (Lipinski definition) is 7. The number of carbonyl (C=O) groups is 1. The molecule has 0 aromatic carbocycles. The highest BCUT2D eigenvalue weighted by molar-refractivity contribution is 6.28. The van der Waals surface area contributed by atoms with Crippen LogP contribution in [0.15, 0.2) is 0 Å². The smallest absolute Gasteiger partial charge is 0.360 e. The van der Waals surface area contributed by atoms with E-state index < -0.39 is 5.97 Å². The molecular weight excluding hydrogens is 286 g/mol. The van der Waals surface area contributed by atoms with Crippen LogP contribution in [0.4, 0.5) is 5.82 Å². The second-order valence-electron chi connectivity index (χ2n) is 4.54. The predicted molar refractivity (Wildman–Crippen MR) is 70.4 cm³/mol. The second-order valence-corrected chi connectivity index (χ2v) is 4.88. The number of aromatic nitrogens is 2. The van der Waals surface area contributed by atoms with Gasteiger partial charge in [0.25, 0.3) is 0 Å². The van der Waals surface area contributed by atoms with Crippen molar-refractivity contribution in [2.45, 2.75) is 12.5 Å². The molecule has 0 saturated carbocycles. The van der Waals surface area contributed by atoms with Crippen LogP contribution in [0.5, 0.6) is 5.75 Å². The van der Waals surface area contributed by atoms with Crippen LogP contribution < -0.4 is 9.64 Å². The van der Waals surface area contributed by atoms with Gasteiger partial charge in [-0.25, -0.2) is 9.78 Å². The maximum atomic E-state index is 11.8. The van der Waals surface area contributed by atoms with Crippen LogP contribution in [0.25, 0.3) is 0 Å². The number of nitrogens with zero attached hydrogens (tertiary/aromatic N) is 3. The molecule has 1 atom stereocenters. The monoisotopic (exact) mass is 299 g/mol. The van der Waals surface area contributed by atoms with Crippen molar-refractivity contribution in [2.75, 3.05) is 38.4 Å². The van der Waals surface area contributed by atoms with Crippen LogP contribution in [-0.2, 0) is 9.47 Å². The first kappa shape index (κ1) is 13.4. The zero-order chi connectivity index (χ0) is 14.1. The Hall–Kier alpha value is -1.60. The minimum absolute atomic E-state index is 0.000100. The Balaban J connectivity index is 2.10. The van der Waals surface area contributed by atoms with E-state index in [9.17, 15) is 4.79 Å². The van der Waals surface area contributed by atoms with Crippen molar-refractivity contribution >= 4 is 23.4 Å². The van der Waals surface area contributed by atoms with Crippen molar-refractivity contribution < 1.29 is 19.0 Å². The number of halogens is 1. The summed E-state index contributed by atoms with van der Waals surface area (Å²) in [6.45, 7) is 2.35. The quantitative estimate of drug-likeness (QED) is 0.563. The van der Waals surface area contributed by atoms with Crippen LogP contribution in [0.1, 0.15) is 16.9 Å². The highest BCUT2D eigenvalue weighted by Crippen LogP contribution is 2.36. The largest absolute Gasteiger partial charge is 0.487 e. The van der Waals surface area contributed by atoms with Crippen LogP contribution >= 0.6 is 11.6 Å². The Morgan fingerprint density at radius 2 is 2.30 bits per heavy atom. The third-order valence-electron chi connectivity index (χ3n) is 3.40. The average molecular weight is 300 g/mol. The Bertz CT molecular complexity index is 540. The first-order chi connectivity index (χ1) is 9.70. The van der Waals surface area contributed by atoms with E-state index in [-0.39, 0.29) is 17.0 Å². The first-order valence-corrected chi connectivity index (χ1v) is 6.71. The Labute approximate surface area is 120 Å². The van der Waals surface area contributed by atoms with E-state index in [1.807, 2.05) is 0 Å². The molecule has 1 fully saturated rings. The molecule has 0 spiro atoms. The molecule has 3 heterocycles. The van der Waals surface area contributed by atoms with Gasteiger partial charge in [-0.2, -0.15) is 4.98 Å². The van der Waals surface area contributed by atoms with E-state index in [1.54, 1.807) is 0 Å². The van der Waals surface area contributed by atoms with Gasteiger partial charge in [0.2, 0.25) is 5.28 Å². The fourth-order valence-corrected chi connectivity index (χ4v) is 2.61. The Kier molecular flexibility index (Phi) is 3.62. The minimum atomic E-state index is -0.586. The predicted octanol–water partition coefficient (Wildman–Crippen LogP) is 0.904. The lowest BCUT2D eigenvalue weighted by atomic mass is 10.1. The SMILES string of the molecule is COC(=O)c1nc(Cl)nc2c1OCCC1COCCN21. The first-order valence-electron chi connectivity index (χ1n) is 6.33. The number of esters is 1. The van der Waals surface area contributed by atoms with Crippen molar-refractivity contribution in [3.05, 3.63) is 11.0 Å². The van der Waals surface area contributed by atoms with Gasteiger partial charge in [0.05, 0.1) is 33.0 Å². The van der Waals surface area contributed by atoms with Crippen LogP contribution in [0, 0.1) is 0 Å². The molecule has 8 heteroatoms. The third-order valence-corrected chi connectivity index (χ3v) is 3.57. The van der Waals surface area contributed by atoms with E-state index in [0.717, 1.165) is 6.42 Å². The third kappa shape index (κ3) is 2.27. The van der Waals surface area contributed by atoms with E-state index in [1.165, 1.54) is 7.11 Å². The Morgan fingerprint density at radius 3 is 3.10 bits per heavy atom. The van der Waals surface area contributed by atoms with Gasteiger partial charge in [-0.05, 0) is 11.6 Å². The summed E-state index contributed by atoms with van der Waals surface area (Å²) in [4.78, 5) is 22.0. The van der Waals surface area contributed by atoms with Crippen molar-refractivity contribution in [3.63, 3.8) is 0 Å². The van der Waals surface area contributed by atoms with Crippen LogP contribution in [0.2, 0.25) is 5.28 Å². The fourth-order valence-electron chi connectivity index (χ4n) is 2.44. The summed E-state index contributed by atoms with van der Waals surface area (Å²) in [5.74, 6) is 0.291. The number of methoxy groups -OCH3 is 1. The van der Waals surface area contributed by atoms with E-state index in [4.69, 9.17) is 25.8 Å². The average Bonchev–Trinajstić information content (AvgIpc) is 2.65. The summed E-state index contributed by atoms with van der Waals surface area (Å²) in [5, 5.41) is -0.000100. The van der Waals surface area contributed by atoms with Crippen molar-refractivity contribution in [1.82, 2.24) is 9.97 Å². The molecule has 0 radical (unpaired) electrons. The summed E-state index contributed by atoms with van der Waals surface area (Å²) < 4.78 is 15.9. The molecular formula is C12H14ClN3O4. The van der Waals surface area contributed by atoms with Gasteiger partial charge < -0.3 is 19.1 Å².